The number of amides is 1. The van der Waals surface area contributed by atoms with Crippen LogP contribution in [-0.4, -0.2) is 62.8 Å². The number of phenols is 2. The van der Waals surface area contributed by atoms with E-state index in [1.807, 2.05) is 13.0 Å². The van der Waals surface area contributed by atoms with Crippen LogP contribution in [0.3, 0.4) is 0 Å². The molecule has 1 aliphatic heterocycles. The molecule has 8 heteroatoms. The monoisotopic (exact) mass is 520 g/mol. The molecule has 38 heavy (non-hydrogen) atoms. The van der Waals surface area contributed by atoms with Crippen molar-refractivity contribution < 1.29 is 30.0 Å². The van der Waals surface area contributed by atoms with Gasteiger partial charge in [-0.05, 0) is 75.3 Å². The summed E-state index contributed by atoms with van der Waals surface area (Å²) >= 11 is 0. The van der Waals surface area contributed by atoms with Gasteiger partial charge >= 0.3 is 0 Å². The minimum Gasteiger partial charge on any atom is -0.511 e. The Morgan fingerprint density at radius 2 is 1.95 bits per heavy atom. The lowest BCUT2D eigenvalue weighted by Crippen LogP contribution is -2.56. The summed E-state index contributed by atoms with van der Waals surface area (Å²) in [5, 5.41) is 45.8. The number of carbonyl (C=O) groups excluding carboxylic acids is 2. The number of hydrogen-bond donors (Lipinski definition) is 5. The Morgan fingerprint density at radius 1 is 1.18 bits per heavy atom. The molecule has 2 bridgehead atoms. The lowest BCUT2D eigenvalue weighted by molar-refractivity contribution is -0.113. The largest absolute Gasteiger partial charge is 0.511 e. The summed E-state index contributed by atoms with van der Waals surface area (Å²) in [7, 11) is 0. The van der Waals surface area contributed by atoms with E-state index < -0.39 is 23.8 Å². The third-order valence-corrected chi connectivity index (χ3v) is 8.85. The molecule has 2 aliphatic carbocycles. The number of aliphatic hydroxyl groups excluding tert-OH is 2. The number of aromatic hydroxyl groups is 2. The molecule has 3 aliphatic rings. The minimum absolute atomic E-state index is 0.142. The lowest BCUT2D eigenvalue weighted by Gasteiger charge is -2.54. The molecule has 5 rings (SSSR count). The Labute approximate surface area is 222 Å². The van der Waals surface area contributed by atoms with Crippen molar-refractivity contribution in [2.24, 2.45) is 11.8 Å². The zero-order valence-electron chi connectivity index (χ0n) is 21.9. The SMILES string of the molecule is CC(=O)c1cccc(NC(=O)/C(CO)=C(\O)C(C)[C@]23CCN(CC4CC4)[C@H](Cc4ccc(O)c(O)c42)C3)c1. The summed E-state index contributed by atoms with van der Waals surface area (Å²) in [6.45, 7) is 4.40. The van der Waals surface area contributed by atoms with Crippen LogP contribution in [0.5, 0.6) is 11.5 Å². The summed E-state index contributed by atoms with van der Waals surface area (Å²) in [6, 6.07) is 10.1. The molecule has 202 valence electrons. The van der Waals surface area contributed by atoms with Gasteiger partial charge in [0, 0.05) is 40.7 Å². The van der Waals surface area contributed by atoms with E-state index in [4.69, 9.17) is 0 Å². The van der Waals surface area contributed by atoms with Gasteiger partial charge in [-0.25, -0.2) is 0 Å². The highest BCUT2D eigenvalue weighted by Crippen LogP contribution is 2.56. The number of phenolic OH excluding ortho intramolecular Hbond substituents is 2. The Bertz CT molecular complexity index is 1300. The predicted octanol–water partition coefficient (Wildman–Crippen LogP) is 4.05. The molecule has 1 unspecified atom stereocenters. The summed E-state index contributed by atoms with van der Waals surface area (Å²) in [4.78, 5) is 27.5. The Hall–Kier alpha value is -3.36. The number of aliphatic hydroxyl groups is 2. The number of anilines is 1. The van der Waals surface area contributed by atoms with E-state index in [9.17, 15) is 30.0 Å². The number of ketones is 1. The van der Waals surface area contributed by atoms with Crippen molar-refractivity contribution in [3.8, 4) is 11.5 Å². The molecule has 0 radical (unpaired) electrons. The van der Waals surface area contributed by atoms with Crippen molar-refractivity contribution in [3.63, 3.8) is 0 Å². The van der Waals surface area contributed by atoms with Gasteiger partial charge in [-0.15, -0.1) is 0 Å². The van der Waals surface area contributed by atoms with E-state index in [2.05, 4.69) is 10.2 Å². The van der Waals surface area contributed by atoms with Gasteiger partial charge < -0.3 is 25.7 Å². The van der Waals surface area contributed by atoms with Crippen LogP contribution in [0, 0.1) is 11.8 Å². The minimum atomic E-state index is -0.722. The number of carbonyl (C=O) groups is 2. The lowest BCUT2D eigenvalue weighted by atomic mass is 9.57. The fourth-order valence-electron chi connectivity index (χ4n) is 6.50. The highest BCUT2D eigenvalue weighted by Gasteiger charge is 2.52. The first-order valence-electron chi connectivity index (χ1n) is 13.4. The third-order valence-electron chi connectivity index (χ3n) is 8.85. The summed E-state index contributed by atoms with van der Waals surface area (Å²) in [5.41, 5.74) is 1.50. The van der Waals surface area contributed by atoms with E-state index in [1.54, 1.807) is 24.3 Å². The van der Waals surface area contributed by atoms with Crippen LogP contribution in [0.4, 0.5) is 5.69 Å². The van der Waals surface area contributed by atoms with Gasteiger partial charge in [0.2, 0.25) is 0 Å². The fourth-order valence-corrected chi connectivity index (χ4v) is 6.50. The molecule has 3 atom stereocenters. The van der Waals surface area contributed by atoms with Crippen LogP contribution in [0.2, 0.25) is 0 Å². The van der Waals surface area contributed by atoms with Crippen molar-refractivity contribution in [1.29, 1.82) is 0 Å². The molecule has 1 saturated heterocycles. The predicted molar refractivity (Wildman–Crippen MR) is 143 cm³/mol. The van der Waals surface area contributed by atoms with Crippen LogP contribution in [0.15, 0.2) is 47.7 Å². The number of piperidine rings is 1. The van der Waals surface area contributed by atoms with E-state index in [1.165, 1.54) is 25.8 Å². The van der Waals surface area contributed by atoms with Crippen molar-refractivity contribution in [1.82, 2.24) is 4.90 Å². The number of fused-ring (bicyclic) bond motifs is 4. The van der Waals surface area contributed by atoms with Crippen molar-refractivity contribution in [3.05, 3.63) is 64.4 Å². The van der Waals surface area contributed by atoms with Gasteiger partial charge in [0.05, 0.1) is 12.2 Å². The molecule has 0 spiro atoms. The Morgan fingerprint density at radius 3 is 2.63 bits per heavy atom. The molecule has 8 nitrogen and oxygen atoms in total. The van der Waals surface area contributed by atoms with E-state index >= 15 is 0 Å². The van der Waals surface area contributed by atoms with Crippen LogP contribution >= 0.6 is 0 Å². The number of rotatable bonds is 8. The number of allylic oxidation sites excluding steroid dienone is 1. The highest BCUT2D eigenvalue weighted by atomic mass is 16.3. The maximum Gasteiger partial charge on any atom is 0.257 e. The molecule has 2 fully saturated rings. The standard InChI is InChI=1S/C30H36N2O6/c1-17(27(36)24(16-33)29(38)31-22-5-3-4-20(12-22)18(2)34)30-10-11-32(15-19-6-7-19)23(14-30)13-21-8-9-25(35)28(37)26(21)30/h3-5,8-9,12,17,19,23,33,35-37H,6-7,10-11,13-16H2,1-2H3,(H,31,38)/b27-24-/t17?,23-,30-/m1/s1. The van der Waals surface area contributed by atoms with Crippen molar-refractivity contribution in [2.75, 3.05) is 25.0 Å². The van der Waals surface area contributed by atoms with Crippen LogP contribution < -0.4 is 5.32 Å². The van der Waals surface area contributed by atoms with Gasteiger partial charge in [-0.1, -0.05) is 25.1 Å². The first kappa shape index (κ1) is 26.3. The molecule has 1 amide bonds. The van der Waals surface area contributed by atoms with Crippen LogP contribution in [0.25, 0.3) is 0 Å². The second-order valence-electron chi connectivity index (χ2n) is 11.2. The van der Waals surface area contributed by atoms with E-state index in [-0.39, 0.29) is 34.7 Å². The van der Waals surface area contributed by atoms with Gasteiger partial charge in [0.15, 0.2) is 17.3 Å². The first-order valence-corrected chi connectivity index (χ1v) is 13.4. The number of nitrogens with zero attached hydrogens (tertiary/aromatic N) is 1. The third kappa shape index (κ3) is 4.67. The van der Waals surface area contributed by atoms with E-state index in [0.717, 1.165) is 31.0 Å². The highest BCUT2D eigenvalue weighted by molar-refractivity contribution is 6.05. The van der Waals surface area contributed by atoms with Crippen LogP contribution in [-0.2, 0) is 16.6 Å². The van der Waals surface area contributed by atoms with Gasteiger partial charge in [0.25, 0.3) is 5.91 Å². The van der Waals surface area contributed by atoms with Crippen molar-refractivity contribution in [2.45, 2.75) is 57.4 Å². The molecule has 0 aromatic heterocycles. The first-order chi connectivity index (χ1) is 18.1. The number of nitrogens with one attached hydrogen (secondary N) is 1. The Kier molecular flexibility index (Phi) is 6.96. The molecule has 1 heterocycles. The number of hydrogen-bond acceptors (Lipinski definition) is 7. The van der Waals surface area contributed by atoms with Crippen LogP contribution in [0.1, 0.15) is 61.0 Å². The molecule has 2 aromatic rings. The quantitative estimate of drug-likeness (QED) is 0.154. The summed E-state index contributed by atoms with van der Waals surface area (Å²) < 4.78 is 0. The zero-order chi connectivity index (χ0) is 27.2. The zero-order valence-corrected chi connectivity index (χ0v) is 21.9. The number of benzene rings is 2. The topological polar surface area (TPSA) is 130 Å². The molecule has 1 saturated carbocycles. The smallest absolute Gasteiger partial charge is 0.257 e. The average Bonchev–Trinajstić information content (AvgIpc) is 3.72. The summed E-state index contributed by atoms with van der Waals surface area (Å²) in [6.07, 6.45) is 4.55. The maximum absolute atomic E-state index is 13.2. The summed E-state index contributed by atoms with van der Waals surface area (Å²) in [5.74, 6) is -1.30. The molecule has 5 N–H and O–H groups in total. The molecular weight excluding hydrogens is 484 g/mol. The average molecular weight is 521 g/mol. The maximum atomic E-state index is 13.2. The fraction of sp³-hybridized carbons (Fsp3) is 0.467. The van der Waals surface area contributed by atoms with Gasteiger partial charge in [-0.2, -0.15) is 0 Å². The molecular formula is C30H36N2O6. The number of likely N-dealkylation sites (tertiary alicyclic amines) is 1. The van der Waals surface area contributed by atoms with Crippen molar-refractivity contribution >= 4 is 17.4 Å². The second-order valence-corrected chi connectivity index (χ2v) is 11.2. The normalized spacial score (nSPS) is 24.2. The van der Waals surface area contributed by atoms with E-state index in [0.29, 0.717) is 29.7 Å². The number of Topliss-reactive ketones (excluding diaryl/α,β-unsaturated/α-hetero) is 1. The Balaban J connectivity index is 1.50. The molecule has 2 aromatic carbocycles. The van der Waals surface area contributed by atoms with Gasteiger partial charge in [-0.3, -0.25) is 14.5 Å². The second kappa shape index (κ2) is 10.1. The van der Waals surface area contributed by atoms with Gasteiger partial charge in [0.1, 0.15) is 5.76 Å².